The summed E-state index contributed by atoms with van der Waals surface area (Å²) in [7, 11) is 0. The number of furan rings is 1. The zero-order chi connectivity index (χ0) is 14.6. The van der Waals surface area contributed by atoms with Crippen molar-refractivity contribution in [3.8, 4) is 0 Å². The van der Waals surface area contributed by atoms with E-state index in [0.29, 0.717) is 0 Å². The Bertz CT molecular complexity index is 834. The third-order valence-electron chi connectivity index (χ3n) is 4.54. The molecule has 0 amide bonds. The lowest BCUT2D eigenvalue weighted by molar-refractivity contribution is 0.502. The molecule has 0 N–H and O–H groups in total. The molecule has 0 fully saturated rings. The number of benzene rings is 2. The van der Waals surface area contributed by atoms with Crippen molar-refractivity contribution < 1.29 is 4.42 Å². The lowest BCUT2D eigenvalue weighted by atomic mass is 9.95. The number of hydrogen-bond acceptors (Lipinski definition) is 1. The van der Waals surface area contributed by atoms with Crippen molar-refractivity contribution in [2.75, 3.05) is 0 Å². The molecule has 1 unspecified atom stereocenters. The van der Waals surface area contributed by atoms with Gasteiger partial charge in [-0.3, -0.25) is 0 Å². The molecule has 0 radical (unpaired) electrons. The average Bonchev–Trinajstić information content (AvgIpc) is 3.04. The largest absolute Gasteiger partial charge is 0.466 e. The molecule has 0 aliphatic heterocycles. The van der Waals surface area contributed by atoms with Crippen molar-refractivity contribution in [1.29, 1.82) is 0 Å². The van der Waals surface area contributed by atoms with E-state index in [1.54, 1.807) is 0 Å². The van der Waals surface area contributed by atoms with Crippen LogP contribution in [0.5, 0.6) is 0 Å². The highest BCUT2D eigenvalue weighted by Crippen LogP contribution is 2.41. The molecular weight excluding hydrogens is 324 g/mol. The third-order valence-corrected chi connectivity index (χ3v) is 5.52. The Hall–Kier alpha value is -1.54. The molecule has 3 aromatic rings. The Labute approximate surface area is 133 Å². The van der Waals surface area contributed by atoms with Gasteiger partial charge in [-0.1, -0.05) is 46.3 Å². The average molecular weight is 341 g/mol. The highest BCUT2D eigenvalue weighted by atomic mass is 79.9. The molecule has 0 bridgehead atoms. The summed E-state index contributed by atoms with van der Waals surface area (Å²) in [5.74, 6) is 1.97. The predicted molar refractivity (Wildman–Crippen MR) is 90.3 cm³/mol. The monoisotopic (exact) mass is 340 g/mol. The van der Waals surface area contributed by atoms with Crippen LogP contribution in [0.25, 0.3) is 10.8 Å². The first-order valence-electron chi connectivity index (χ1n) is 7.39. The van der Waals surface area contributed by atoms with Crippen molar-refractivity contribution in [3.05, 3.63) is 70.2 Å². The van der Waals surface area contributed by atoms with Crippen LogP contribution in [0.4, 0.5) is 0 Å². The van der Waals surface area contributed by atoms with Crippen molar-refractivity contribution >= 4 is 26.7 Å². The van der Waals surface area contributed by atoms with E-state index >= 15 is 0 Å². The zero-order valence-electron chi connectivity index (χ0n) is 12.2. The molecule has 106 valence electrons. The van der Waals surface area contributed by atoms with Gasteiger partial charge in [-0.15, -0.1) is 0 Å². The summed E-state index contributed by atoms with van der Waals surface area (Å²) in [6.07, 6.45) is 2.35. The van der Waals surface area contributed by atoms with E-state index in [9.17, 15) is 0 Å². The molecule has 1 aliphatic carbocycles. The van der Waals surface area contributed by atoms with Crippen LogP contribution in [0.3, 0.4) is 0 Å². The summed E-state index contributed by atoms with van der Waals surface area (Å²) in [5, 5.41) is 2.85. The van der Waals surface area contributed by atoms with Gasteiger partial charge in [0.15, 0.2) is 0 Å². The van der Waals surface area contributed by atoms with Crippen LogP contribution in [0.2, 0.25) is 0 Å². The van der Waals surface area contributed by atoms with Crippen LogP contribution in [0, 0.1) is 13.8 Å². The number of halogens is 1. The quantitative estimate of drug-likeness (QED) is 0.551. The summed E-state index contributed by atoms with van der Waals surface area (Å²) in [4.78, 5) is 0.180. The summed E-state index contributed by atoms with van der Waals surface area (Å²) in [6.45, 7) is 4.04. The first kappa shape index (κ1) is 13.1. The van der Waals surface area contributed by atoms with Gasteiger partial charge in [0.05, 0.1) is 4.83 Å². The van der Waals surface area contributed by atoms with Gasteiger partial charge in [0.1, 0.15) is 11.5 Å². The van der Waals surface area contributed by atoms with Crippen LogP contribution >= 0.6 is 15.9 Å². The summed E-state index contributed by atoms with van der Waals surface area (Å²) in [5.41, 5.74) is 5.54. The molecule has 1 atom stereocenters. The first-order chi connectivity index (χ1) is 10.1. The molecule has 4 rings (SSSR count). The molecule has 1 aromatic heterocycles. The van der Waals surface area contributed by atoms with Crippen LogP contribution in [-0.2, 0) is 12.8 Å². The van der Waals surface area contributed by atoms with Gasteiger partial charge in [0, 0.05) is 5.56 Å². The van der Waals surface area contributed by atoms with Gasteiger partial charge in [0.25, 0.3) is 0 Å². The van der Waals surface area contributed by atoms with Gasteiger partial charge in [0.2, 0.25) is 0 Å². The van der Waals surface area contributed by atoms with E-state index in [1.807, 2.05) is 13.8 Å². The second-order valence-electron chi connectivity index (χ2n) is 5.88. The first-order valence-corrected chi connectivity index (χ1v) is 8.31. The molecule has 1 heterocycles. The molecular formula is C19H17BrO. The van der Waals surface area contributed by atoms with E-state index in [0.717, 1.165) is 11.5 Å². The molecule has 1 nitrogen and oxygen atoms in total. The van der Waals surface area contributed by atoms with Gasteiger partial charge in [-0.25, -0.2) is 0 Å². The second-order valence-corrected chi connectivity index (χ2v) is 6.80. The Kier molecular flexibility index (Phi) is 2.97. The lowest BCUT2D eigenvalue weighted by Crippen LogP contribution is -1.95. The highest BCUT2D eigenvalue weighted by molar-refractivity contribution is 9.09. The predicted octanol–water partition coefficient (Wildman–Crippen LogP) is 5.63. The fourth-order valence-corrected chi connectivity index (χ4v) is 4.41. The molecule has 1 aliphatic rings. The minimum atomic E-state index is 0.180. The fourth-order valence-electron chi connectivity index (χ4n) is 3.56. The topological polar surface area (TPSA) is 13.1 Å². The number of rotatable bonds is 2. The van der Waals surface area contributed by atoms with Crippen molar-refractivity contribution in [1.82, 2.24) is 0 Å². The number of alkyl halides is 1. The van der Waals surface area contributed by atoms with Gasteiger partial charge >= 0.3 is 0 Å². The standard InChI is InChI=1S/C19H17BrO/c1-11-10-17(12(2)21-11)19(20)16-9-8-14-7-6-13-4-3-5-15(16)18(13)14/h3-5,8-10,19H,6-7H2,1-2H3. The molecule has 0 spiro atoms. The Morgan fingerprint density at radius 3 is 2.48 bits per heavy atom. The third kappa shape index (κ3) is 1.96. The van der Waals surface area contributed by atoms with Crippen LogP contribution in [0.15, 0.2) is 40.8 Å². The maximum atomic E-state index is 5.70. The van der Waals surface area contributed by atoms with Gasteiger partial charge in [-0.05, 0) is 60.2 Å². The van der Waals surface area contributed by atoms with Crippen molar-refractivity contribution in [2.24, 2.45) is 0 Å². The molecule has 0 saturated heterocycles. The van der Waals surface area contributed by atoms with Crippen LogP contribution in [-0.4, -0.2) is 0 Å². The zero-order valence-corrected chi connectivity index (χ0v) is 13.8. The van der Waals surface area contributed by atoms with Gasteiger partial charge in [-0.2, -0.15) is 0 Å². The summed E-state index contributed by atoms with van der Waals surface area (Å²) >= 11 is 3.89. The normalized spacial score (nSPS) is 14.8. The maximum absolute atomic E-state index is 5.70. The molecule has 21 heavy (non-hydrogen) atoms. The number of hydrogen-bond donors (Lipinski definition) is 0. The van der Waals surface area contributed by atoms with Crippen LogP contribution in [0.1, 0.15) is 38.6 Å². The fraction of sp³-hybridized carbons (Fsp3) is 0.263. The smallest absolute Gasteiger partial charge is 0.105 e. The number of aryl methyl sites for hydroxylation is 4. The minimum Gasteiger partial charge on any atom is -0.466 e. The van der Waals surface area contributed by atoms with E-state index in [2.05, 4.69) is 52.3 Å². The highest BCUT2D eigenvalue weighted by Gasteiger charge is 2.22. The minimum absolute atomic E-state index is 0.180. The van der Waals surface area contributed by atoms with Gasteiger partial charge < -0.3 is 4.42 Å². The van der Waals surface area contributed by atoms with Crippen molar-refractivity contribution in [3.63, 3.8) is 0 Å². The second kappa shape index (κ2) is 4.74. The van der Waals surface area contributed by atoms with E-state index < -0.39 is 0 Å². The van der Waals surface area contributed by atoms with Crippen molar-refractivity contribution in [2.45, 2.75) is 31.5 Å². The molecule has 2 heteroatoms. The maximum Gasteiger partial charge on any atom is 0.105 e. The molecule has 0 saturated carbocycles. The van der Waals surface area contributed by atoms with E-state index in [4.69, 9.17) is 4.42 Å². The summed E-state index contributed by atoms with van der Waals surface area (Å²) < 4.78 is 5.70. The SMILES string of the molecule is Cc1cc(C(Br)c2ccc3c4c(cccc24)CC3)c(C)o1. The van der Waals surface area contributed by atoms with Crippen LogP contribution < -0.4 is 0 Å². The molecule has 2 aromatic carbocycles. The lowest BCUT2D eigenvalue weighted by Gasteiger charge is -2.14. The summed E-state index contributed by atoms with van der Waals surface area (Å²) in [6, 6.07) is 13.4. The Morgan fingerprint density at radius 2 is 1.76 bits per heavy atom. The van der Waals surface area contributed by atoms with E-state index in [-0.39, 0.29) is 4.83 Å². The Balaban J connectivity index is 1.94. The van der Waals surface area contributed by atoms with E-state index in [1.165, 1.54) is 45.9 Å². The Morgan fingerprint density at radius 1 is 1.00 bits per heavy atom.